The van der Waals surface area contributed by atoms with Gasteiger partial charge in [0.05, 0.1) is 12.8 Å². The molecule has 6 nitrogen and oxygen atoms in total. The van der Waals surface area contributed by atoms with Gasteiger partial charge in [-0.15, -0.1) is 0 Å². The Morgan fingerprint density at radius 1 is 1.00 bits per heavy atom. The van der Waals surface area contributed by atoms with E-state index in [1.807, 2.05) is 36.5 Å². The molecule has 0 N–H and O–H groups in total. The van der Waals surface area contributed by atoms with Crippen LogP contribution in [0.15, 0.2) is 79.3 Å². The molecule has 4 aromatic rings. The second kappa shape index (κ2) is 10.0. The van der Waals surface area contributed by atoms with Crippen LogP contribution in [0.1, 0.15) is 34.8 Å². The second-order valence-corrected chi connectivity index (χ2v) is 8.52. The van der Waals surface area contributed by atoms with E-state index in [1.54, 1.807) is 23.4 Å². The highest BCUT2D eigenvalue weighted by Crippen LogP contribution is 2.35. The van der Waals surface area contributed by atoms with E-state index in [2.05, 4.69) is 22.1 Å². The van der Waals surface area contributed by atoms with Gasteiger partial charge in [0.25, 0.3) is 5.91 Å². The van der Waals surface area contributed by atoms with E-state index in [1.165, 1.54) is 19.2 Å². The fourth-order valence-electron chi connectivity index (χ4n) is 4.52. The SMILES string of the molecule is COc1ccc(C(=O)N2CCC(c3nc(-c4cccnc4)ncc3-c3ccccc3)CC2)cc1F. The van der Waals surface area contributed by atoms with Gasteiger partial charge in [0.2, 0.25) is 0 Å². The third kappa shape index (κ3) is 4.75. The van der Waals surface area contributed by atoms with E-state index in [0.717, 1.165) is 35.2 Å². The number of methoxy groups -OCH3 is 1. The zero-order valence-electron chi connectivity index (χ0n) is 19.4. The number of halogens is 1. The monoisotopic (exact) mass is 468 g/mol. The van der Waals surface area contributed by atoms with Crippen LogP contribution in [0.4, 0.5) is 4.39 Å². The van der Waals surface area contributed by atoms with Gasteiger partial charge in [0, 0.05) is 54.3 Å². The van der Waals surface area contributed by atoms with Crippen LogP contribution in [-0.2, 0) is 0 Å². The van der Waals surface area contributed by atoms with Crippen LogP contribution in [0.5, 0.6) is 5.75 Å². The van der Waals surface area contributed by atoms with Crippen LogP contribution in [0.25, 0.3) is 22.5 Å². The molecule has 2 aromatic carbocycles. The van der Waals surface area contributed by atoms with E-state index < -0.39 is 5.82 Å². The van der Waals surface area contributed by atoms with E-state index in [9.17, 15) is 9.18 Å². The van der Waals surface area contributed by atoms with Crippen molar-refractivity contribution in [1.82, 2.24) is 19.9 Å². The van der Waals surface area contributed by atoms with Crippen LogP contribution < -0.4 is 4.74 Å². The Morgan fingerprint density at radius 2 is 1.77 bits per heavy atom. The Hall–Kier alpha value is -4.13. The van der Waals surface area contributed by atoms with E-state index in [0.29, 0.717) is 24.5 Å². The summed E-state index contributed by atoms with van der Waals surface area (Å²) in [4.78, 5) is 28.6. The molecule has 1 amide bonds. The van der Waals surface area contributed by atoms with Crippen LogP contribution in [0.3, 0.4) is 0 Å². The van der Waals surface area contributed by atoms with Crippen molar-refractivity contribution in [2.24, 2.45) is 0 Å². The predicted molar refractivity (Wildman–Crippen MR) is 132 cm³/mol. The van der Waals surface area contributed by atoms with Crippen molar-refractivity contribution in [3.05, 3.63) is 96.3 Å². The van der Waals surface area contributed by atoms with Gasteiger partial charge in [-0.25, -0.2) is 14.4 Å². The van der Waals surface area contributed by atoms with Gasteiger partial charge in [0.1, 0.15) is 0 Å². The quantitative estimate of drug-likeness (QED) is 0.394. The maximum absolute atomic E-state index is 14.1. The number of aromatic nitrogens is 3. The molecular weight excluding hydrogens is 443 g/mol. The fraction of sp³-hybridized carbons (Fsp3) is 0.214. The molecular formula is C28H25FN4O2. The number of piperidine rings is 1. The van der Waals surface area contributed by atoms with Gasteiger partial charge in [-0.3, -0.25) is 9.78 Å². The molecule has 0 aliphatic carbocycles. The molecule has 0 radical (unpaired) electrons. The van der Waals surface area contributed by atoms with E-state index >= 15 is 0 Å². The molecule has 1 saturated heterocycles. The molecule has 0 atom stereocenters. The number of ether oxygens (including phenoxy) is 1. The van der Waals surface area contributed by atoms with Crippen molar-refractivity contribution >= 4 is 5.91 Å². The van der Waals surface area contributed by atoms with Crippen molar-refractivity contribution in [1.29, 1.82) is 0 Å². The lowest BCUT2D eigenvalue weighted by Crippen LogP contribution is -2.38. The minimum Gasteiger partial charge on any atom is -0.494 e. The first-order chi connectivity index (χ1) is 17.1. The molecule has 0 unspecified atom stereocenters. The topological polar surface area (TPSA) is 68.2 Å². The highest BCUT2D eigenvalue weighted by molar-refractivity contribution is 5.94. The lowest BCUT2D eigenvalue weighted by atomic mass is 9.88. The molecule has 5 rings (SSSR count). The molecule has 0 saturated carbocycles. The summed E-state index contributed by atoms with van der Waals surface area (Å²) in [5.41, 5.74) is 4.23. The number of pyridine rings is 1. The standard InChI is InChI=1S/C28H25FN4O2/c1-35-25-10-9-21(16-24(25)29)28(34)33-14-11-20(12-15-33)26-23(19-6-3-2-4-7-19)18-31-27(32-26)22-8-5-13-30-17-22/h2-10,13,16-18,20H,11-12,14-15H2,1H3. The van der Waals surface area contributed by atoms with Gasteiger partial charge in [-0.2, -0.15) is 0 Å². The molecule has 1 aliphatic heterocycles. The third-order valence-corrected chi connectivity index (χ3v) is 6.39. The number of hydrogen-bond acceptors (Lipinski definition) is 5. The molecule has 3 heterocycles. The summed E-state index contributed by atoms with van der Waals surface area (Å²) in [6.07, 6.45) is 6.89. The fourth-order valence-corrected chi connectivity index (χ4v) is 4.52. The largest absolute Gasteiger partial charge is 0.494 e. The van der Waals surface area contributed by atoms with Gasteiger partial charge in [-0.1, -0.05) is 30.3 Å². The van der Waals surface area contributed by atoms with E-state index in [4.69, 9.17) is 9.72 Å². The number of likely N-dealkylation sites (tertiary alicyclic amines) is 1. The molecule has 1 aliphatic rings. The summed E-state index contributed by atoms with van der Waals surface area (Å²) in [7, 11) is 1.40. The van der Waals surface area contributed by atoms with Crippen LogP contribution in [-0.4, -0.2) is 46.0 Å². The number of benzene rings is 2. The normalized spacial score (nSPS) is 14.1. The molecule has 35 heavy (non-hydrogen) atoms. The lowest BCUT2D eigenvalue weighted by Gasteiger charge is -2.32. The first kappa shape index (κ1) is 22.7. The molecule has 176 valence electrons. The average molecular weight is 469 g/mol. The number of hydrogen-bond donors (Lipinski definition) is 0. The van der Waals surface area contributed by atoms with Gasteiger partial charge >= 0.3 is 0 Å². The minimum absolute atomic E-state index is 0.127. The Labute approximate surface area is 203 Å². The molecule has 7 heteroatoms. The second-order valence-electron chi connectivity index (χ2n) is 8.52. The number of carbonyl (C=O) groups is 1. The maximum atomic E-state index is 14.1. The summed E-state index contributed by atoms with van der Waals surface area (Å²) in [5, 5.41) is 0. The molecule has 1 fully saturated rings. The average Bonchev–Trinajstić information content (AvgIpc) is 2.93. The van der Waals surface area contributed by atoms with Crippen molar-refractivity contribution < 1.29 is 13.9 Å². The van der Waals surface area contributed by atoms with Crippen molar-refractivity contribution in [3.8, 4) is 28.3 Å². The highest BCUT2D eigenvalue weighted by atomic mass is 19.1. The summed E-state index contributed by atoms with van der Waals surface area (Å²) < 4.78 is 19.1. The molecule has 0 bridgehead atoms. The maximum Gasteiger partial charge on any atom is 0.253 e. The Morgan fingerprint density at radius 3 is 2.46 bits per heavy atom. The summed E-state index contributed by atoms with van der Waals surface area (Å²) in [6, 6.07) is 18.3. The zero-order chi connectivity index (χ0) is 24.2. The first-order valence-corrected chi connectivity index (χ1v) is 11.6. The minimum atomic E-state index is -0.537. The zero-order valence-corrected chi connectivity index (χ0v) is 19.4. The van der Waals surface area contributed by atoms with Crippen LogP contribution in [0.2, 0.25) is 0 Å². The molecule has 0 spiro atoms. The van der Waals surface area contributed by atoms with Gasteiger partial charge in [-0.05, 0) is 48.7 Å². The van der Waals surface area contributed by atoms with Gasteiger partial charge < -0.3 is 9.64 Å². The van der Waals surface area contributed by atoms with Crippen molar-refractivity contribution in [2.45, 2.75) is 18.8 Å². The number of rotatable bonds is 5. The van der Waals surface area contributed by atoms with Crippen molar-refractivity contribution in [3.63, 3.8) is 0 Å². The Balaban J connectivity index is 1.40. The van der Waals surface area contributed by atoms with Crippen LogP contribution in [0, 0.1) is 5.82 Å². The van der Waals surface area contributed by atoms with Crippen LogP contribution >= 0.6 is 0 Å². The first-order valence-electron chi connectivity index (χ1n) is 11.6. The number of nitrogens with zero attached hydrogens (tertiary/aromatic N) is 4. The Kier molecular flexibility index (Phi) is 6.48. The summed E-state index contributed by atoms with van der Waals surface area (Å²) in [5.74, 6) is 0.221. The van der Waals surface area contributed by atoms with E-state index in [-0.39, 0.29) is 17.6 Å². The predicted octanol–water partition coefficient (Wildman–Crippen LogP) is 5.37. The summed E-state index contributed by atoms with van der Waals surface area (Å²) in [6.45, 7) is 1.13. The lowest BCUT2D eigenvalue weighted by molar-refractivity contribution is 0.0711. The summed E-state index contributed by atoms with van der Waals surface area (Å²) >= 11 is 0. The van der Waals surface area contributed by atoms with Gasteiger partial charge in [0.15, 0.2) is 17.4 Å². The van der Waals surface area contributed by atoms with Crippen molar-refractivity contribution in [2.75, 3.05) is 20.2 Å². The third-order valence-electron chi connectivity index (χ3n) is 6.39. The smallest absolute Gasteiger partial charge is 0.253 e. The Bertz CT molecular complexity index is 1320. The number of amides is 1. The molecule has 2 aromatic heterocycles. The highest BCUT2D eigenvalue weighted by Gasteiger charge is 2.28. The number of carbonyl (C=O) groups excluding carboxylic acids is 1.